The molecule has 1 aliphatic heterocycles. The molecule has 2 aromatic rings. The van der Waals surface area contributed by atoms with E-state index in [4.69, 9.17) is 4.74 Å². The molecule has 31 heavy (non-hydrogen) atoms. The van der Waals surface area contributed by atoms with E-state index in [1.54, 1.807) is 0 Å². The maximum Gasteiger partial charge on any atom is 0.151 e. The summed E-state index contributed by atoms with van der Waals surface area (Å²) in [4.78, 5) is 2.10. The molecule has 0 saturated carbocycles. The molecular weight excluding hydrogens is 410 g/mol. The van der Waals surface area contributed by atoms with Gasteiger partial charge >= 0.3 is 0 Å². The third-order valence-electron chi connectivity index (χ3n) is 5.98. The zero-order valence-electron chi connectivity index (χ0n) is 18.8. The van der Waals surface area contributed by atoms with E-state index in [1.807, 2.05) is 24.3 Å². The minimum Gasteiger partial charge on any atom is -0.491 e. The number of hydrogen-bond acceptors (Lipinski definition) is 5. The van der Waals surface area contributed by atoms with Crippen LogP contribution < -0.4 is 4.74 Å². The van der Waals surface area contributed by atoms with Gasteiger partial charge in [-0.3, -0.25) is 4.90 Å². The normalized spacial score (nSPS) is 19.1. The van der Waals surface area contributed by atoms with Crippen molar-refractivity contribution in [3.05, 3.63) is 65.2 Å². The maximum absolute atomic E-state index is 12.0. The zero-order chi connectivity index (χ0) is 22.4. The minimum absolute atomic E-state index is 0.0733. The average Bonchev–Trinajstić information content (AvgIpc) is 3.12. The molecule has 170 valence electrons. The lowest BCUT2D eigenvalue weighted by molar-refractivity contribution is 0.0524. The first-order valence-electron chi connectivity index (χ1n) is 11.2. The summed E-state index contributed by atoms with van der Waals surface area (Å²) in [6.07, 6.45) is 0.890. The third kappa shape index (κ3) is 7.06. The fourth-order valence-corrected chi connectivity index (χ4v) is 5.75. The summed E-state index contributed by atoms with van der Waals surface area (Å²) in [5, 5.41) is 10.7. The van der Waals surface area contributed by atoms with Crippen LogP contribution in [0.15, 0.2) is 48.5 Å². The topological polar surface area (TPSA) is 66.8 Å². The van der Waals surface area contributed by atoms with E-state index in [0.29, 0.717) is 25.4 Å². The average molecular weight is 446 g/mol. The number of aliphatic hydroxyl groups is 1. The molecule has 5 nitrogen and oxygen atoms in total. The molecule has 0 radical (unpaired) electrons. The highest BCUT2D eigenvalue weighted by molar-refractivity contribution is 7.91. The molecule has 0 spiro atoms. The summed E-state index contributed by atoms with van der Waals surface area (Å²) in [5.74, 6) is 1.57. The van der Waals surface area contributed by atoms with Crippen LogP contribution in [-0.4, -0.2) is 55.2 Å². The van der Waals surface area contributed by atoms with Gasteiger partial charge in [0, 0.05) is 19.1 Å². The molecule has 2 unspecified atom stereocenters. The Hall–Kier alpha value is -1.89. The number of ether oxygens (including phenoxy) is 1. The molecule has 2 aromatic carbocycles. The number of nitrogens with zero attached hydrogens (tertiary/aromatic N) is 1. The SMILES string of the molecule is CCc1ccc(CN(CC(O)COc2ccc(C(C)C)cc2)C2CCS(=O)(=O)C2)cc1. The molecule has 1 heterocycles. The van der Waals surface area contributed by atoms with Crippen molar-refractivity contribution in [1.82, 2.24) is 4.90 Å². The van der Waals surface area contributed by atoms with E-state index in [2.05, 4.69) is 49.9 Å². The van der Waals surface area contributed by atoms with E-state index in [9.17, 15) is 13.5 Å². The summed E-state index contributed by atoms with van der Waals surface area (Å²) in [6.45, 7) is 7.58. The molecule has 3 rings (SSSR count). The number of aliphatic hydroxyl groups excluding tert-OH is 1. The fraction of sp³-hybridized carbons (Fsp3) is 0.520. The van der Waals surface area contributed by atoms with Gasteiger partial charge in [-0.1, -0.05) is 57.2 Å². The van der Waals surface area contributed by atoms with Crippen LogP contribution in [0.4, 0.5) is 0 Å². The first kappa shape index (κ1) is 23.8. The number of aryl methyl sites for hydroxylation is 1. The molecule has 1 saturated heterocycles. The van der Waals surface area contributed by atoms with Gasteiger partial charge in [0.2, 0.25) is 0 Å². The van der Waals surface area contributed by atoms with Crippen molar-refractivity contribution in [2.45, 2.75) is 58.2 Å². The molecule has 6 heteroatoms. The highest BCUT2D eigenvalue weighted by atomic mass is 32.2. The van der Waals surface area contributed by atoms with Crippen molar-refractivity contribution in [2.75, 3.05) is 24.7 Å². The molecule has 1 aliphatic rings. The predicted molar refractivity (Wildman–Crippen MR) is 125 cm³/mol. The first-order chi connectivity index (χ1) is 14.8. The molecule has 1 fully saturated rings. The van der Waals surface area contributed by atoms with E-state index >= 15 is 0 Å². The van der Waals surface area contributed by atoms with Crippen LogP contribution in [0.5, 0.6) is 5.75 Å². The highest BCUT2D eigenvalue weighted by Gasteiger charge is 2.33. The molecule has 0 bridgehead atoms. The summed E-state index contributed by atoms with van der Waals surface area (Å²) in [7, 11) is -3.00. The second-order valence-corrected chi connectivity index (χ2v) is 11.1. The van der Waals surface area contributed by atoms with Crippen molar-refractivity contribution < 1.29 is 18.3 Å². The Bertz CT molecular complexity index is 923. The van der Waals surface area contributed by atoms with Gasteiger partial charge in [-0.2, -0.15) is 0 Å². The highest BCUT2D eigenvalue weighted by Crippen LogP contribution is 2.22. The Morgan fingerprint density at radius 1 is 1.06 bits per heavy atom. The van der Waals surface area contributed by atoms with E-state index in [0.717, 1.165) is 17.7 Å². The standard InChI is InChI=1S/C25H35NO4S/c1-4-20-5-7-21(8-6-20)15-26(23-13-14-31(28,29)18-23)16-24(27)17-30-25-11-9-22(10-12-25)19(2)3/h5-12,19,23-24,27H,4,13-18H2,1-3H3. The lowest BCUT2D eigenvalue weighted by Gasteiger charge is -2.30. The van der Waals surface area contributed by atoms with Crippen molar-refractivity contribution in [2.24, 2.45) is 0 Å². The van der Waals surface area contributed by atoms with Gasteiger partial charge in [0.15, 0.2) is 9.84 Å². The number of hydrogen-bond donors (Lipinski definition) is 1. The zero-order valence-corrected chi connectivity index (χ0v) is 19.6. The Kier molecular flexibility index (Phi) is 8.14. The second kappa shape index (κ2) is 10.6. The summed E-state index contributed by atoms with van der Waals surface area (Å²) >= 11 is 0. The van der Waals surface area contributed by atoms with Gasteiger partial charge < -0.3 is 9.84 Å². The van der Waals surface area contributed by atoms with Gasteiger partial charge in [0.1, 0.15) is 18.5 Å². The van der Waals surface area contributed by atoms with Gasteiger partial charge in [0.05, 0.1) is 11.5 Å². The van der Waals surface area contributed by atoms with Crippen LogP contribution in [0.3, 0.4) is 0 Å². The minimum atomic E-state index is -3.00. The van der Waals surface area contributed by atoms with Crippen LogP contribution in [0.1, 0.15) is 49.8 Å². The van der Waals surface area contributed by atoms with Crippen LogP contribution in [-0.2, 0) is 22.8 Å². The van der Waals surface area contributed by atoms with E-state index in [1.165, 1.54) is 11.1 Å². The largest absolute Gasteiger partial charge is 0.491 e. The van der Waals surface area contributed by atoms with Gasteiger partial charge in [-0.05, 0) is 47.6 Å². The van der Waals surface area contributed by atoms with Crippen molar-refractivity contribution >= 4 is 9.84 Å². The first-order valence-corrected chi connectivity index (χ1v) is 13.0. The lowest BCUT2D eigenvalue weighted by Crippen LogP contribution is -2.42. The molecule has 2 atom stereocenters. The van der Waals surface area contributed by atoms with Crippen molar-refractivity contribution in [1.29, 1.82) is 0 Å². The Balaban J connectivity index is 1.62. The Morgan fingerprint density at radius 3 is 2.26 bits per heavy atom. The van der Waals surface area contributed by atoms with Crippen LogP contribution in [0.2, 0.25) is 0 Å². The predicted octanol–water partition coefficient (Wildman–Crippen LogP) is 3.80. The van der Waals surface area contributed by atoms with Gasteiger partial charge in [-0.25, -0.2) is 8.42 Å². The molecule has 0 amide bonds. The second-order valence-electron chi connectivity index (χ2n) is 8.84. The van der Waals surface area contributed by atoms with Gasteiger partial charge in [0.25, 0.3) is 0 Å². The monoisotopic (exact) mass is 445 g/mol. The molecular formula is C25H35NO4S. The summed E-state index contributed by atoms with van der Waals surface area (Å²) < 4.78 is 29.9. The molecule has 0 aliphatic carbocycles. The third-order valence-corrected chi connectivity index (χ3v) is 7.73. The summed E-state index contributed by atoms with van der Waals surface area (Å²) in [6, 6.07) is 16.3. The Morgan fingerprint density at radius 2 is 1.71 bits per heavy atom. The Labute approximate surface area is 187 Å². The molecule has 0 aromatic heterocycles. The van der Waals surface area contributed by atoms with Crippen molar-refractivity contribution in [3.8, 4) is 5.75 Å². The maximum atomic E-state index is 12.0. The quantitative estimate of drug-likeness (QED) is 0.603. The van der Waals surface area contributed by atoms with Crippen molar-refractivity contribution in [3.63, 3.8) is 0 Å². The summed E-state index contributed by atoms with van der Waals surface area (Å²) in [5.41, 5.74) is 3.64. The smallest absolute Gasteiger partial charge is 0.151 e. The number of rotatable bonds is 10. The van der Waals surface area contributed by atoms with E-state index < -0.39 is 15.9 Å². The fourth-order valence-electron chi connectivity index (χ4n) is 3.99. The number of benzene rings is 2. The molecule has 1 N–H and O–H groups in total. The van der Waals surface area contributed by atoms with Crippen LogP contribution >= 0.6 is 0 Å². The number of sulfone groups is 1. The van der Waals surface area contributed by atoms with E-state index in [-0.39, 0.29) is 24.2 Å². The van der Waals surface area contributed by atoms with Crippen LogP contribution in [0, 0.1) is 0 Å². The van der Waals surface area contributed by atoms with Gasteiger partial charge in [-0.15, -0.1) is 0 Å². The lowest BCUT2D eigenvalue weighted by atomic mass is 10.0. The van der Waals surface area contributed by atoms with Crippen LogP contribution in [0.25, 0.3) is 0 Å².